The second-order valence-corrected chi connectivity index (χ2v) is 2.18. The minimum atomic E-state index is -0.974. The van der Waals surface area contributed by atoms with Gasteiger partial charge in [0.25, 0.3) is 0 Å². The molecule has 0 saturated heterocycles. The summed E-state index contributed by atoms with van der Waals surface area (Å²) < 4.78 is 0. The summed E-state index contributed by atoms with van der Waals surface area (Å²) in [5.41, 5.74) is 2.46. The van der Waals surface area contributed by atoms with Crippen LogP contribution in [-0.2, 0) is 0 Å². The number of aliphatic hydroxyl groups is 3. The van der Waals surface area contributed by atoms with Crippen LogP contribution in [0.25, 0.3) is 0 Å². The van der Waals surface area contributed by atoms with Gasteiger partial charge in [-0.25, -0.2) is 0 Å². The lowest BCUT2D eigenvalue weighted by atomic mass is 10.1. The highest BCUT2D eigenvalue weighted by Gasteiger charge is 2.27. The van der Waals surface area contributed by atoms with Gasteiger partial charge in [-0.1, -0.05) is 0 Å². The van der Waals surface area contributed by atoms with Crippen LogP contribution in [0.1, 0.15) is 0 Å². The van der Waals surface area contributed by atoms with E-state index in [4.69, 9.17) is 15.3 Å². The minimum Gasteiger partial charge on any atom is -0.394 e. The van der Waals surface area contributed by atoms with Crippen molar-refractivity contribution in [3.8, 4) is 0 Å². The number of hydrogen-bond donors (Lipinski definition) is 4. The average Bonchev–Trinajstić information content (AvgIpc) is 1.95. The van der Waals surface area contributed by atoms with Crippen molar-refractivity contribution in [1.29, 1.82) is 0 Å². The molecule has 0 radical (unpaired) electrons. The zero-order chi connectivity index (χ0) is 7.56. The molecule has 0 unspecified atom stereocenters. The highest BCUT2D eigenvalue weighted by molar-refractivity contribution is 5.64. The van der Waals surface area contributed by atoms with E-state index in [1.54, 1.807) is 0 Å². The van der Waals surface area contributed by atoms with Gasteiger partial charge in [-0.15, -0.1) is 0 Å². The van der Waals surface area contributed by atoms with Crippen molar-refractivity contribution in [1.82, 2.24) is 5.43 Å². The molecule has 5 nitrogen and oxygen atoms in total. The van der Waals surface area contributed by atoms with Crippen LogP contribution < -0.4 is 5.43 Å². The third-order valence-corrected chi connectivity index (χ3v) is 1.43. The highest BCUT2D eigenvalue weighted by Crippen LogP contribution is 2.01. The van der Waals surface area contributed by atoms with E-state index in [1.165, 1.54) is 6.21 Å². The number of nitrogens with one attached hydrogen (secondary N) is 1. The van der Waals surface area contributed by atoms with Crippen LogP contribution in [0.4, 0.5) is 0 Å². The van der Waals surface area contributed by atoms with Crippen LogP contribution in [0.2, 0.25) is 0 Å². The van der Waals surface area contributed by atoms with E-state index in [9.17, 15) is 0 Å². The lowest BCUT2D eigenvalue weighted by molar-refractivity contribution is 0.0107. The number of rotatable bonds is 1. The molecule has 0 bridgehead atoms. The van der Waals surface area contributed by atoms with Crippen molar-refractivity contribution < 1.29 is 15.3 Å². The molecule has 3 atom stereocenters. The molecular weight excluding hydrogens is 136 g/mol. The van der Waals surface area contributed by atoms with Crippen molar-refractivity contribution in [2.45, 2.75) is 18.2 Å². The predicted octanol–water partition coefficient (Wildman–Crippen LogP) is -2.34. The largest absolute Gasteiger partial charge is 0.394 e. The van der Waals surface area contributed by atoms with Crippen molar-refractivity contribution in [2.75, 3.05) is 6.61 Å². The average molecular weight is 146 g/mol. The third-order valence-electron chi connectivity index (χ3n) is 1.43. The summed E-state index contributed by atoms with van der Waals surface area (Å²) in [5, 5.41) is 30.1. The molecule has 0 spiro atoms. The number of nitrogens with zero attached hydrogens (tertiary/aromatic N) is 1. The SMILES string of the molecule is OC[C@H]1NN=C[C@@H](O)[C@@H]1O. The lowest BCUT2D eigenvalue weighted by Gasteiger charge is -2.26. The maximum absolute atomic E-state index is 9.07. The molecule has 0 saturated carbocycles. The van der Waals surface area contributed by atoms with Crippen LogP contribution >= 0.6 is 0 Å². The third kappa shape index (κ3) is 1.26. The molecule has 4 N–H and O–H groups in total. The van der Waals surface area contributed by atoms with Crippen molar-refractivity contribution >= 4 is 6.21 Å². The van der Waals surface area contributed by atoms with E-state index >= 15 is 0 Å². The molecule has 0 aromatic carbocycles. The van der Waals surface area contributed by atoms with Crippen LogP contribution in [0.3, 0.4) is 0 Å². The molecule has 0 aliphatic carbocycles. The van der Waals surface area contributed by atoms with Crippen LogP contribution in [0, 0.1) is 0 Å². The number of hydrazone groups is 1. The number of aliphatic hydroxyl groups excluding tert-OH is 3. The second-order valence-electron chi connectivity index (χ2n) is 2.18. The van der Waals surface area contributed by atoms with E-state index in [-0.39, 0.29) is 6.61 Å². The first-order valence-corrected chi connectivity index (χ1v) is 3.01. The van der Waals surface area contributed by atoms with Gasteiger partial charge in [0, 0.05) is 0 Å². The summed E-state index contributed by atoms with van der Waals surface area (Å²) in [6.07, 6.45) is -0.752. The van der Waals surface area contributed by atoms with Crippen molar-refractivity contribution in [3.05, 3.63) is 0 Å². The molecule has 0 aromatic rings. The van der Waals surface area contributed by atoms with Gasteiger partial charge in [0.2, 0.25) is 0 Å². The zero-order valence-electron chi connectivity index (χ0n) is 5.31. The molecule has 0 fully saturated rings. The summed E-state index contributed by atoms with van der Waals surface area (Å²) in [6, 6.07) is -0.556. The molecule has 0 aromatic heterocycles. The smallest absolute Gasteiger partial charge is 0.119 e. The molecular formula is C5H10N2O3. The van der Waals surface area contributed by atoms with Gasteiger partial charge in [0.1, 0.15) is 12.2 Å². The first-order valence-electron chi connectivity index (χ1n) is 3.01. The van der Waals surface area contributed by atoms with Gasteiger partial charge in [-0.2, -0.15) is 5.10 Å². The predicted molar refractivity (Wildman–Crippen MR) is 34.5 cm³/mol. The fourth-order valence-corrected chi connectivity index (χ4v) is 0.767. The molecule has 1 rings (SSSR count). The molecule has 1 aliphatic heterocycles. The molecule has 5 heteroatoms. The van der Waals surface area contributed by atoms with Gasteiger partial charge in [0.05, 0.1) is 18.9 Å². The molecule has 10 heavy (non-hydrogen) atoms. The summed E-state index contributed by atoms with van der Waals surface area (Å²) in [5.74, 6) is 0. The topological polar surface area (TPSA) is 85.1 Å². The Hall–Kier alpha value is -0.650. The fraction of sp³-hybridized carbons (Fsp3) is 0.800. The highest BCUT2D eigenvalue weighted by atomic mass is 16.3. The number of hydrogen-bond acceptors (Lipinski definition) is 5. The van der Waals surface area contributed by atoms with Crippen LogP contribution in [0.15, 0.2) is 5.10 Å². The van der Waals surface area contributed by atoms with E-state index in [0.717, 1.165) is 0 Å². The van der Waals surface area contributed by atoms with E-state index in [1.807, 2.05) is 0 Å². The Morgan fingerprint density at radius 1 is 1.50 bits per heavy atom. The summed E-state index contributed by atoms with van der Waals surface area (Å²) >= 11 is 0. The lowest BCUT2D eigenvalue weighted by Crippen LogP contribution is -2.50. The maximum Gasteiger partial charge on any atom is 0.119 e. The Labute approximate surface area is 58.0 Å². The molecule has 1 heterocycles. The second kappa shape index (κ2) is 2.96. The minimum absolute atomic E-state index is 0.241. The first-order chi connectivity index (χ1) is 4.75. The zero-order valence-corrected chi connectivity index (χ0v) is 5.31. The normalized spacial score (nSPS) is 39.3. The monoisotopic (exact) mass is 146 g/mol. The Morgan fingerprint density at radius 2 is 2.20 bits per heavy atom. The fourth-order valence-electron chi connectivity index (χ4n) is 0.767. The summed E-state index contributed by atoms with van der Waals surface area (Å²) in [4.78, 5) is 0. The van der Waals surface area contributed by atoms with Gasteiger partial charge in [-0.3, -0.25) is 0 Å². The maximum atomic E-state index is 9.07. The first kappa shape index (κ1) is 7.46. The van der Waals surface area contributed by atoms with Crippen LogP contribution in [-0.4, -0.2) is 46.4 Å². The van der Waals surface area contributed by atoms with Gasteiger partial charge in [0.15, 0.2) is 0 Å². The van der Waals surface area contributed by atoms with Gasteiger partial charge in [-0.05, 0) is 0 Å². The quantitative estimate of drug-likeness (QED) is 0.334. The molecule has 0 amide bonds. The Kier molecular flexibility index (Phi) is 2.21. The standard InChI is InChI=1S/C5H10N2O3/c8-2-3-5(10)4(9)1-6-7-3/h1,3-5,7-10H,2H2/t3-,4-,5-/m1/s1. The molecule has 58 valence electrons. The van der Waals surface area contributed by atoms with Gasteiger partial charge < -0.3 is 20.7 Å². The summed E-state index contributed by atoms with van der Waals surface area (Å²) in [7, 11) is 0. The van der Waals surface area contributed by atoms with Crippen LogP contribution in [0.5, 0.6) is 0 Å². The molecule has 1 aliphatic rings. The Balaban J connectivity index is 2.56. The Morgan fingerprint density at radius 3 is 2.70 bits per heavy atom. The van der Waals surface area contributed by atoms with Gasteiger partial charge >= 0.3 is 0 Å². The van der Waals surface area contributed by atoms with E-state index in [0.29, 0.717) is 0 Å². The Bertz CT molecular complexity index is 139. The summed E-state index contributed by atoms with van der Waals surface area (Å²) in [6.45, 7) is -0.241. The van der Waals surface area contributed by atoms with Crippen molar-refractivity contribution in [2.24, 2.45) is 5.10 Å². The van der Waals surface area contributed by atoms with E-state index in [2.05, 4.69) is 10.5 Å². The van der Waals surface area contributed by atoms with Crippen molar-refractivity contribution in [3.63, 3.8) is 0 Å². The van der Waals surface area contributed by atoms with E-state index < -0.39 is 18.2 Å².